The van der Waals surface area contributed by atoms with Gasteiger partial charge in [0.15, 0.2) is 0 Å². The molecule has 0 saturated heterocycles. The number of methoxy groups -OCH3 is 2. The van der Waals surface area contributed by atoms with Crippen LogP contribution in [0.25, 0.3) is 0 Å². The number of ether oxygens (including phenoxy) is 4. The second-order valence-electron chi connectivity index (χ2n) is 10.2. The standard InChI is InChI=1S/C31H40O5/c1-29(2,20-22-32)35-23-21-30(3,4)36-31(24-10-8-7-9-11-24,25-12-16-27(33-5)17-13-25)26-14-18-28(34-6)19-15-26/h7-19,32H,20-23H2,1-6H3. The third-order valence-electron chi connectivity index (χ3n) is 6.51. The Hall–Kier alpha value is -2.86. The van der Waals surface area contributed by atoms with Crippen molar-refractivity contribution in [1.82, 2.24) is 0 Å². The molecule has 0 amide bonds. The molecule has 0 spiro atoms. The van der Waals surface area contributed by atoms with Crippen molar-refractivity contribution in [2.75, 3.05) is 27.4 Å². The molecule has 3 aromatic rings. The van der Waals surface area contributed by atoms with Gasteiger partial charge in [0, 0.05) is 6.61 Å². The zero-order chi connectivity index (χ0) is 26.2. The summed E-state index contributed by atoms with van der Waals surface area (Å²) in [5, 5.41) is 9.34. The molecule has 3 rings (SSSR count). The highest BCUT2D eigenvalue weighted by molar-refractivity contribution is 5.50. The molecular formula is C31H40O5. The summed E-state index contributed by atoms with van der Waals surface area (Å²) in [7, 11) is 3.33. The van der Waals surface area contributed by atoms with Gasteiger partial charge in [0.05, 0.1) is 32.0 Å². The summed E-state index contributed by atoms with van der Waals surface area (Å²) in [6.45, 7) is 8.80. The van der Waals surface area contributed by atoms with Crippen LogP contribution in [-0.2, 0) is 15.1 Å². The van der Waals surface area contributed by atoms with Crippen LogP contribution in [0.2, 0.25) is 0 Å². The molecular weight excluding hydrogens is 452 g/mol. The fourth-order valence-corrected chi connectivity index (χ4v) is 4.38. The summed E-state index contributed by atoms with van der Waals surface area (Å²) < 4.78 is 24.2. The molecule has 0 aromatic heterocycles. The number of hydrogen-bond donors (Lipinski definition) is 1. The summed E-state index contributed by atoms with van der Waals surface area (Å²) in [6.07, 6.45) is 1.25. The van der Waals surface area contributed by atoms with E-state index in [1.165, 1.54) is 0 Å². The smallest absolute Gasteiger partial charge is 0.144 e. The molecule has 194 valence electrons. The highest BCUT2D eigenvalue weighted by atomic mass is 16.5. The monoisotopic (exact) mass is 492 g/mol. The van der Waals surface area contributed by atoms with Gasteiger partial charge in [-0.3, -0.25) is 0 Å². The maximum atomic E-state index is 9.34. The molecule has 0 fully saturated rings. The maximum Gasteiger partial charge on any atom is 0.144 e. The fourth-order valence-electron chi connectivity index (χ4n) is 4.38. The Morgan fingerprint density at radius 1 is 0.611 bits per heavy atom. The van der Waals surface area contributed by atoms with Crippen LogP contribution in [0.1, 0.15) is 57.2 Å². The zero-order valence-electron chi connectivity index (χ0n) is 22.4. The zero-order valence-corrected chi connectivity index (χ0v) is 22.4. The molecule has 0 aliphatic carbocycles. The lowest BCUT2D eigenvalue weighted by molar-refractivity contribution is -0.126. The van der Waals surface area contributed by atoms with Crippen molar-refractivity contribution >= 4 is 0 Å². The van der Waals surface area contributed by atoms with Crippen molar-refractivity contribution in [3.63, 3.8) is 0 Å². The van der Waals surface area contributed by atoms with E-state index >= 15 is 0 Å². The van der Waals surface area contributed by atoms with Gasteiger partial charge in [0.25, 0.3) is 0 Å². The molecule has 0 bridgehead atoms. The lowest BCUT2D eigenvalue weighted by Crippen LogP contribution is -2.42. The maximum absolute atomic E-state index is 9.34. The summed E-state index contributed by atoms with van der Waals surface area (Å²) in [6, 6.07) is 26.4. The van der Waals surface area contributed by atoms with Gasteiger partial charge in [-0.1, -0.05) is 54.6 Å². The first-order valence-corrected chi connectivity index (χ1v) is 12.5. The topological polar surface area (TPSA) is 57.2 Å². The second kappa shape index (κ2) is 11.9. The number of rotatable bonds is 13. The van der Waals surface area contributed by atoms with Crippen molar-refractivity contribution < 1.29 is 24.1 Å². The van der Waals surface area contributed by atoms with E-state index in [2.05, 4.69) is 50.2 Å². The van der Waals surface area contributed by atoms with Gasteiger partial charge >= 0.3 is 0 Å². The molecule has 0 heterocycles. The third kappa shape index (κ3) is 6.67. The van der Waals surface area contributed by atoms with Gasteiger partial charge in [-0.25, -0.2) is 0 Å². The van der Waals surface area contributed by atoms with Gasteiger partial charge in [-0.2, -0.15) is 0 Å². The van der Waals surface area contributed by atoms with Crippen LogP contribution < -0.4 is 9.47 Å². The molecule has 0 unspecified atom stereocenters. The minimum Gasteiger partial charge on any atom is -0.497 e. The SMILES string of the molecule is COc1ccc(C(OC(C)(C)CCOC(C)(C)CCO)(c2ccccc2)c2ccc(OC)cc2)cc1. The number of aliphatic hydroxyl groups excluding tert-OH is 1. The van der Waals surface area contributed by atoms with E-state index in [9.17, 15) is 5.11 Å². The van der Waals surface area contributed by atoms with Crippen LogP contribution in [0, 0.1) is 0 Å². The van der Waals surface area contributed by atoms with Gasteiger partial charge in [0.2, 0.25) is 0 Å². The Balaban J connectivity index is 2.09. The Bertz CT molecular complexity index is 1010. The Kier molecular flexibility index (Phi) is 9.18. The van der Waals surface area contributed by atoms with E-state index in [0.717, 1.165) is 28.2 Å². The van der Waals surface area contributed by atoms with Crippen LogP contribution >= 0.6 is 0 Å². The summed E-state index contributed by atoms with van der Waals surface area (Å²) >= 11 is 0. The van der Waals surface area contributed by atoms with Gasteiger partial charge in [-0.15, -0.1) is 0 Å². The van der Waals surface area contributed by atoms with E-state index in [1.807, 2.05) is 56.3 Å². The highest BCUT2D eigenvalue weighted by Crippen LogP contribution is 2.45. The molecule has 1 N–H and O–H groups in total. The molecule has 3 aromatic carbocycles. The average Bonchev–Trinajstić information content (AvgIpc) is 2.87. The van der Waals surface area contributed by atoms with Gasteiger partial charge < -0.3 is 24.1 Å². The van der Waals surface area contributed by atoms with Gasteiger partial charge in [0.1, 0.15) is 17.1 Å². The molecule has 0 atom stereocenters. The third-order valence-corrected chi connectivity index (χ3v) is 6.51. The molecule has 5 nitrogen and oxygen atoms in total. The van der Waals surface area contributed by atoms with Crippen molar-refractivity contribution in [1.29, 1.82) is 0 Å². The highest BCUT2D eigenvalue weighted by Gasteiger charge is 2.42. The predicted molar refractivity (Wildman–Crippen MR) is 144 cm³/mol. The van der Waals surface area contributed by atoms with Crippen molar-refractivity contribution in [2.45, 2.75) is 57.3 Å². The molecule has 0 aliphatic heterocycles. The van der Waals surface area contributed by atoms with E-state index in [1.54, 1.807) is 14.2 Å². The Morgan fingerprint density at radius 2 is 1.08 bits per heavy atom. The minimum atomic E-state index is -0.885. The predicted octanol–water partition coefficient (Wildman–Crippen LogP) is 6.36. The van der Waals surface area contributed by atoms with Crippen LogP contribution in [-0.4, -0.2) is 43.7 Å². The van der Waals surface area contributed by atoms with Crippen LogP contribution in [0.5, 0.6) is 11.5 Å². The first kappa shape index (κ1) is 27.7. The fraction of sp³-hybridized carbons (Fsp3) is 0.419. The van der Waals surface area contributed by atoms with Crippen LogP contribution in [0.4, 0.5) is 0 Å². The van der Waals surface area contributed by atoms with E-state index in [4.69, 9.17) is 18.9 Å². The first-order valence-electron chi connectivity index (χ1n) is 12.5. The summed E-state index contributed by atoms with van der Waals surface area (Å²) in [4.78, 5) is 0. The Labute approximate surface area is 216 Å². The lowest BCUT2D eigenvalue weighted by Gasteiger charge is -2.43. The molecule has 0 radical (unpaired) electrons. The summed E-state index contributed by atoms with van der Waals surface area (Å²) in [5.74, 6) is 1.57. The molecule has 5 heteroatoms. The number of aliphatic hydroxyl groups is 1. The van der Waals surface area contributed by atoms with Crippen LogP contribution in [0.3, 0.4) is 0 Å². The molecule has 36 heavy (non-hydrogen) atoms. The quantitative estimate of drug-likeness (QED) is 0.281. The lowest BCUT2D eigenvalue weighted by atomic mass is 9.79. The van der Waals surface area contributed by atoms with Crippen molar-refractivity contribution in [3.8, 4) is 11.5 Å². The van der Waals surface area contributed by atoms with Crippen molar-refractivity contribution in [3.05, 3.63) is 95.6 Å². The molecule has 0 aliphatic rings. The molecule has 0 saturated carbocycles. The van der Waals surface area contributed by atoms with E-state index in [0.29, 0.717) is 19.4 Å². The normalized spacial score (nSPS) is 12.4. The first-order chi connectivity index (χ1) is 17.2. The van der Waals surface area contributed by atoms with E-state index in [-0.39, 0.29) is 6.61 Å². The second-order valence-corrected chi connectivity index (χ2v) is 10.2. The van der Waals surface area contributed by atoms with Crippen molar-refractivity contribution in [2.24, 2.45) is 0 Å². The number of benzene rings is 3. The minimum absolute atomic E-state index is 0.0962. The number of hydrogen-bond acceptors (Lipinski definition) is 5. The summed E-state index contributed by atoms with van der Waals surface area (Å²) in [5.41, 5.74) is 1.18. The van der Waals surface area contributed by atoms with Gasteiger partial charge in [-0.05, 0) is 81.5 Å². The average molecular weight is 493 g/mol. The van der Waals surface area contributed by atoms with E-state index < -0.39 is 16.8 Å². The van der Waals surface area contributed by atoms with Crippen LogP contribution in [0.15, 0.2) is 78.9 Å². The Morgan fingerprint density at radius 3 is 1.53 bits per heavy atom. The largest absolute Gasteiger partial charge is 0.497 e.